The Balaban J connectivity index is 1.68. The van der Waals surface area contributed by atoms with E-state index in [1.807, 2.05) is 4.90 Å². The van der Waals surface area contributed by atoms with Gasteiger partial charge in [-0.3, -0.25) is 15.1 Å². The molecule has 2 aliphatic heterocycles. The molecule has 0 spiro atoms. The van der Waals surface area contributed by atoms with Crippen LogP contribution in [0.5, 0.6) is 0 Å². The number of amides is 1. The number of carbonyl (C=O) groups is 1. The van der Waals surface area contributed by atoms with Gasteiger partial charge in [0.05, 0.1) is 29.0 Å². The molecule has 1 aromatic heterocycles. The molecule has 1 saturated heterocycles. The van der Waals surface area contributed by atoms with Gasteiger partial charge in [0.2, 0.25) is 0 Å². The first-order valence-electron chi connectivity index (χ1n) is 8.49. The summed E-state index contributed by atoms with van der Waals surface area (Å²) in [5.41, 5.74) is 6.08. The molecule has 3 heterocycles. The fraction of sp³-hybridized carbons (Fsp3) is 0.412. The Labute approximate surface area is 158 Å². The average molecular weight is 400 g/mol. The van der Waals surface area contributed by atoms with Crippen molar-refractivity contribution in [3.05, 3.63) is 47.5 Å². The van der Waals surface area contributed by atoms with Gasteiger partial charge in [0.1, 0.15) is 5.38 Å². The van der Waals surface area contributed by atoms with Gasteiger partial charge < -0.3 is 4.57 Å². The Morgan fingerprint density at radius 1 is 1.26 bits per heavy atom. The lowest BCUT2D eigenvalue weighted by Crippen LogP contribution is -2.62. The smallest absolute Gasteiger partial charge is 0.301 e. The summed E-state index contributed by atoms with van der Waals surface area (Å²) < 4.78 is 41.7. The van der Waals surface area contributed by atoms with E-state index in [4.69, 9.17) is 11.6 Å². The van der Waals surface area contributed by atoms with E-state index in [-0.39, 0.29) is 17.6 Å². The Hall–Kier alpha value is -2.10. The molecule has 6 nitrogen and oxygen atoms in total. The van der Waals surface area contributed by atoms with E-state index in [0.29, 0.717) is 31.7 Å². The first-order chi connectivity index (χ1) is 12.9. The maximum Gasteiger partial charge on any atom is 0.418 e. The van der Waals surface area contributed by atoms with Crippen molar-refractivity contribution in [1.29, 1.82) is 0 Å². The van der Waals surface area contributed by atoms with Crippen LogP contribution in [-0.2, 0) is 23.9 Å². The van der Waals surface area contributed by atoms with Crippen LogP contribution in [0.3, 0.4) is 0 Å². The molecule has 0 saturated carbocycles. The molecule has 1 fully saturated rings. The van der Waals surface area contributed by atoms with Crippen LogP contribution in [-0.4, -0.2) is 44.9 Å². The van der Waals surface area contributed by atoms with Crippen LogP contribution in [0.4, 0.5) is 13.2 Å². The van der Waals surface area contributed by atoms with E-state index >= 15 is 0 Å². The summed E-state index contributed by atoms with van der Waals surface area (Å²) in [6.45, 7) is 1.46. The number of aromatic nitrogens is 2. The van der Waals surface area contributed by atoms with Crippen LogP contribution in [0, 0.1) is 0 Å². The van der Waals surface area contributed by atoms with E-state index in [2.05, 4.69) is 15.8 Å². The summed E-state index contributed by atoms with van der Waals surface area (Å²) in [4.78, 5) is 18.1. The van der Waals surface area contributed by atoms with Crippen molar-refractivity contribution in [2.75, 3.05) is 13.1 Å². The van der Waals surface area contributed by atoms with Gasteiger partial charge in [0.25, 0.3) is 5.91 Å². The lowest BCUT2D eigenvalue weighted by atomic mass is 10.0. The zero-order valence-corrected chi connectivity index (χ0v) is 14.9. The van der Waals surface area contributed by atoms with Crippen molar-refractivity contribution in [2.45, 2.75) is 30.6 Å². The van der Waals surface area contributed by atoms with Crippen molar-refractivity contribution in [3.63, 3.8) is 0 Å². The standard InChI is InChI=1S/C17H17ClF3N5O/c18-15-13(7-23-24-16(15)27)25-6-5-11-14(8-25)26(9-22-11)12-4-2-1-3-10(12)17(19,20)21/h1-4,9,13,15,23H,5-8H2,(H,24,27). The van der Waals surface area contributed by atoms with Gasteiger partial charge in [-0.15, -0.1) is 11.6 Å². The van der Waals surface area contributed by atoms with Gasteiger partial charge >= 0.3 is 6.18 Å². The van der Waals surface area contributed by atoms with Gasteiger partial charge in [-0.25, -0.2) is 10.4 Å². The number of para-hydroxylation sites is 1. The fourth-order valence-electron chi connectivity index (χ4n) is 3.63. The molecule has 0 aliphatic carbocycles. The zero-order valence-electron chi connectivity index (χ0n) is 14.1. The van der Waals surface area contributed by atoms with Crippen LogP contribution in [0.2, 0.25) is 0 Å². The maximum atomic E-state index is 13.4. The third-order valence-electron chi connectivity index (χ3n) is 4.99. The van der Waals surface area contributed by atoms with E-state index < -0.39 is 17.1 Å². The lowest BCUT2D eigenvalue weighted by molar-refractivity contribution is -0.137. The molecule has 4 rings (SSSR count). The van der Waals surface area contributed by atoms with Crippen molar-refractivity contribution in [3.8, 4) is 5.69 Å². The maximum absolute atomic E-state index is 13.4. The topological polar surface area (TPSA) is 62.2 Å². The summed E-state index contributed by atoms with van der Waals surface area (Å²) in [7, 11) is 0. The number of hydrogen-bond donors (Lipinski definition) is 2. The number of imidazole rings is 1. The molecule has 1 aromatic carbocycles. The lowest BCUT2D eigenvalue weighted by Gasteiger charge is -2.39. The van der Waals surface area contributed by atoms with E-state index in [9.17, 15) is 18.0 Å². The van der Waals surface area contributed by atoms with Crippen LogP contribution < -0.4 is 10.9 Å². The molecule has 2 aliphatic rings. The minimum absolute atomic E-state index is 0.0440. The Bertz CT molecular complexity index is 868. The number of nitrogens with zero attached hydrogens (tertiary/aromatic N) is 3. The summed E-state index contributed by atoms with van der Waals surface area (Å²) in [5, 5.41) is -0.730. The predicted octanol–water partition coefficient (Wildman–Crippen LogP) is 1.86. The molecule has 2 unspecified atom stereocenters. The molecule has 2 N–H and O–H groups in total. The largest absolute Gasteiger partial charge is 0.418 e. The van der Waals surface area contributed by atoms with E-state index in [1.54, 1.807) is 6.07 Å². The highest BCUT2D eigenvalue weighted by Crippen LogP contribution is 2.35. The second kappa shape index (κ2) is 6.81. The van der Waals surface area contributed by atoms with Crippen molar-refractivity contribution >= 4 is 17.5 Å². The third-order valence-corrected chi connectivity index (χ3v) is 5.48. The number of carbonyl (C=O) groups excluding carboxylic acids is 1. The Morgan fingerprint density at radius 2 is 2.04 bits per heavy atom. The fourth-order valence-corrected chi connectivity index (χ4v) is 3.93. The minimum atomic E-state index is -4.46. The molecule has 0 bridgehead atoms. The van der Waals surface area contributed by atoms with Crippen molar-refractivity contribution in [1.82, 2.24) is 25.3 Å². The monoisotopic (exact) mass is 399 g/mol. The number of halogens is 4. The molecule has 1 amide bonds. The molecular weight excluding hydrogens is 383 g/mol. The molecule has 0 radical (unpaired) electrons. The molecule has 2 aromatic rings. The molecular formula is C17H17ClF3N5O. The third kappa shape index (κ3) is 3.30. The van der Waals surface area contributed by atoms with Crippen LogP contribution in [0.25, 0.3) is 5.69 Å². The second-order valence-corrected chi connectivity index (χ2v) is 7.05. The predicted molar refractivity (Wildman–Crippen MR) is 92.3 cm³/mol. The number of hydrazine groups is 1. The van der Waals surface area contributed by atoms with Crippen LogP contribution >= 0.6 is 11.6 Å². The normalized spacial score (nSPS) is 23.8. The summed E-state index contributed by atoms with van der Waals surface area (Å²) in [6.07, 6.45) is -2.45. The van der Waals surface area contributed by atoms with Gasteiger partial charge in [-0.1, -0.05) is 12.1 Å². The number of rotatable bonds is 2. The van der Waals surface area contributed by atoms with Gasteiger partial charge in [-0.05, 0) is 12.1 Å². The highest BCUT2D eigenvalue weighted by atomic mass is 35.5. The Morgan fingerprint density at radius 3 is 2.81 bits per heavy atom. The molecule has 2 atom stereocenters. The first kappa shape index (κ1) is 18.3. The summed E-state index contributed by atoms with van der Waals surface area (Å²) in [6, 6.07) is 5.18. The SMILES string of the molecule is O=C1NNCC(N2CCc3ncn(-c4ccccc4C(F)(F)F)c3C2)C1Cl. The van der Waals surface area contributed by atoms with Crippen LogP contribution in [0.15, 0.2) is 30.6 Å². The number of fused-ring (bicyclic) bond motifs is 1. The van der Waals surface area contributed by atoms with Gasteiger partial charge in [0.15, 0.2) is 0 Å². The highest BCUT2D eigenvalue weighted by molar-refractivity contribution is 6.31. The summed E-state index contributed by atoms with van der Waals surface area (Å²) in [5.74, 6) is -0.311. The van der Waals surface area contributed by atoms with Gasteiger partial charge in [0, 0.05) is 32.1 Å². The van der Waals surface area contributed by atoms with E-state index in [0.717, 1.165) is 11.8 Å². The number of hydrogen-bond acceptors (Lipinski definition) is 4. The zero-order chi connectivity index (χ0) is 19.2. The second-order valence-electron chi connectivity index (χ2n) is 6.58. The number of benzene rings is 1. The van der Waals surface area contributed by atoms with Crippen LogP contribution in [0.1, 0.15) is 17.0 Å². The summed E-state index contributed by atoms with van der Waals surface area (Å²) >= 11 is 6.24. The molecule has 27 heavy (non-hydrogen) atoms. The van der Waals surface area contributed by atoms with Crippen molar-refractivity contribution in [2.24, 2.45) is 0 Å². The van der Waals surface area contributed by atoms with Gasteiger partial charge in [-0.2, -0.15) is 13.2 Å². The number of nitrogens with one attached hydrogen (secondary N) is 2. The minimum Gasteiger partial charge on any atom is -0.301 e. The molecule has 144 valence electrons. The first-order valence-corrected chi connectivity index (χ1v) is 8.92. The Kier molecular flexibility index (Phi) is 4.61. The van der Waals surface area contributed by atoms with Crippen molar-refractivity contribution < 1.29 is 18.0 Å². The number of alkyl halides is 4. The quantitative estimate of drug-likeness (QED) is 0.757. The average Bonchev–Trinajstić information content (AvgIpc) is 3.06. The highest BCUT2D eigenvalue weighted by Gasteiger charge is 2.38. The van der Waals surface area contributed by atoms with E-state index in [1.165, 1.54) is 23.0 Å². The molecule has 10 heteroatoms.